The number of aryl methyl sites for hydroxylation is 1. The zero-order valence-corrected chi connectivity index (χ0v) is 17.3. The molecule has 0 bridgehead atoms. The minimum absolute atomic E-state index is 0.252. The maximum atomic E-state index is 5.14. The average molecular weight is 409 g/mol. The molecular formula is C20H27N9O. The number of aliphatic imine (C=N–C) groups is 1. The number of hydrogen-bond acceptors (Lipinski definition) is 6. The Labute approximate surface area is 175 Å². The molecule has 3 heterocycles. The van der Waals surface area contributed by atoms with Crippen molar-refractivity contribution in [3.63, 3.8) is 0 Å². The number of ether oxygens (including phenoxy) is 1. The average Bonchev–Trinajstić information content (AvgIpc) is 3.42. The highest BCUT2D eigenvalue weighted by molar-refractivity contribution is 5.80. The molecule has 4 rings (SSSR count). The Morgan fingerprint density at radius 2 is 2.17 bits per heavy atom. The molecule has 2 N–H and O–H groups in total. The van der Waals surface area contributed by atoms with Gasteiger partial charge in [0.1, 0.15) is 25.1 Å². The quantitative estimate of drug-likeness (QED) is 0.444. The number of methoxy groups -OCH3 is 1. The zero-order valence-electron chi connectivity index (χ0n) is 17.3. The second kappa shape index (κ2) is 9.49. The largest absolute Gasteiger partial charge is 0.377 e. The number of hydrogen-bond donors (Lipinski definition) is 2. The van der Waals surface area contributed by atoms with Crippen molar-refractivity contribution in [1.82, 2.24) is 40.2 Å². The van der Waals surface area contributed by atoms with E-state index in [1.54, 1.807) is 18.1 Å². The van der Waals surface area contributed by atoms with Gasteiger partial charge in [-0.05, 0) is 31.0 Å². The number of nitrogens with one attached hydrogen (secondary N) is 2. The number of rotatable bonds is 7. The number of guanidine groups is 1. The molecule has 0 fully saturated rings. The number of aromatic nitrogens is 6. The van der Waals surface area contributed by atoms with E-state index in [1.807, 2.05) is 16.8 Å². The summed E-state index contributed by atoms with van der Waals surface area (Å²) in [6, 6.07) is 8.41. The molecular weight excluding hydrogens is 382 g/mol. The van der Waals surface area contributed by atoms with Gasteiger partial charge in [0, 0.05) is 26.1 Å². The van der Waals surface area contributed by atoms with Crippen molar-refractivity contribution >= 4 is 5.96 Å². The highest BCUT2D eigenvalue weighted by atomic mass is 16.5. The number of fused-ring (bicyclic) bond motifs is 1. The molecule has 0 amide bonds. The monoisotopic (exact) mass is 409 g/mol. The number of benzene rings is 1. The van der Waals surface area contributed by atoms with Crippen molar-refractivity contribution < 1.29 is 4.74 Å². The van der Waals surface area contributed by atoms with Crippen molar-refractivity contribution in [3.05, 3.63) is 54.1 Å². The smallest absolute Gasteiger partial charge is 0.191 e. The molecule has 0 radical (unpaired) electrons. The molecule has 10 nitrogen and oxygen atoms in total. The van der Waals surface area contributed by atoms with Crippen molar-refractivity contribution in [2.24, 2.45) is 4.99 Å². The third-order valence-electron chi connectivity index (χ3n) is 4.90. The van der Waals surface area contributed by atoms with E-state index in [-0.39, 0.29) is 6.04 Å². The molecule has 0 saturated carbocycles. The maximum absolute atomic E-state index is 5.14. The molecule has 1 unspecified atom stereocenters. The standard InChI is InChI=1S/C20H27N9O/c1-3-22-20(23-10-15-4-7-17(8-5-15)29-14-21-13-24-29)25-16-6-9-19-26-18(12-30-2)27-28(19)11-16/h4-5,7-8,13-14,16H,3,6,9-12H2,1-2H3,(H2,22,23,25). The third kappa shape index (κ3) is 4.82. The van der Waals surface area contributed by atoms with Crippen LogP contribution >= 0.6 is 0 Å². The summed E-state index contributed by atoms with van der Waals surface area (Å²) in [6.45, 7) is 4.67. The Kier molecular flexibility index (Phi) is 6.33. The molecule has 1 aromatic carbocycles. The summed E-state index contributed by atoms with van der Waals surface area (Å²) in [7, 11) is 1.66. The molecule has 10 heteroatoms. The summed E-state index contributed by atoms with van der Waals surface area (Å²) in [4.78, 5) is 13.3. The molecule has 1 aliphatic rings. The van der Waals surface area contributed by atoms with E-state index in [0.717, 1.165) is 54.8 Å². The van der Waals surface area contributed by atoms with Gasteiger partial charge in [0.25, 0.3) is 0 Å². The molecule has 2 aromatic heterocycles. The highest BCUT2D eigenvalue weighted by Gasteiger charge is 2.22. The Balaban J connectivity index is 1.38. The van der Waals surface area contributed by atoms with Crippen LogP contribution in [-0.4, -0.2) is 55.2 Å². The van der Waals surface area contributed by atoms with Crippen molar-refractivity contribution in [1.29, 1.82) is 0 Å². The molecule has 158 valence electrons. The molecule has 1 aliphatic heterocycles. The summed E-state index contributed by atoms with van der Waals surface area (Å²) in [5.41, 5.74) is 2.10. The first-order valence-electron chi connectivity index (χ1n) is 10.2. The van der Waals surface area contributed by atoms with Crippen molar-refractivity contribution in [2.45, 2.75) is 45.5 Å². The second-order valence-corrected chi connectivity index (χ2v) is 7.14. The summed E-state index contributed by atoms with van der Waals surface area (Å²) in [5, 5.41) is 15.6. The summed E-state index contributed by atoms with van der Waals surface area (Å²) in [5.74, 6) is 2.57. The van der Waals surface area contributed by atoms with Gasteiger partial charge in [-0.1, -0.05) is 12.1 Å². The van der Waals surface area contributed by atoms with Gasteiger partial charge in [0.15, 0.2) is 11.8 Å². The van der Waals surface area contributed by atoms with Gasteiger partial charge in [0.05, 0.1) is 18.8 Å². The van der Waals surface area contributed by atoms with E-state index in [4.69, 9.17) is 9.73 Å². The Morgan fingerprint density at radius 1 is 1.30 bits per heavy atom. The van der Waals surface area contributed by atoms with E-state index in [0.29, 0.717) is 13.2 Å². The minimum Gasteiger partial charge on any atom is -0.377 e. The lowest BCUT2D eigenvalue weighted by atomic mass is 10.1. The minimum atomic E-state index is 0.252. The van der Waals surface area contributed by atoms with E-state index in [1.165, 1.54) is 6.33 Å². The molecule has 1 atom stereocenters. The van der Waals surface area contributed by atoms with Gasteiger partial charge < -0.3 is 15.4 Å². The van der Waals surface area contributed by atoms with Crippen LogP contribution in [0.4, 0.5) is 0 Å². The van der Waals surface area contributed by atoms with Crippen molar-refractivity contribution in [2.75, 3.05) is 13.7 Å². The van der Waals surface area contributed by atoms with Crippen LogP contribution in [0.2, 0.25) is 0 Å². The van der Waals surface area contributed by atoms with E-state index in [9.17, 15) is 0 Å². The Hall–Kier alpha value is -3.27. The summed E-state index contributed by atoms with van der Waals surface area (Å²) >= 11 is 0. The first-order valence-corrected chi connectivity index (χ1v) is 10.2. The normalized spacial score (nSPS) is 16.3. The zero-order chi connectivity index (χ0) is 20.8. The van der Waals surface area contributed by atoms with E-state index >= 15 is 0 Å². The molecule has 0 spiro atoms. The molecule has 0 aliphatic carbocycles. The topological polar surface area (TPSA) is 107 Å². The van der Waals surface area contributed by atoms with Crippen LogP contribution in [0, 0.1) is 0 Å². The fraction of sp³-hybridized carbons (Fsp3) is 0.450. The predicted octanol–water partition coefficient (Wildman–Crippen LogP) is 1.08. The van der Waals surface area contributed by atoms with Crippen molar-refractivity contribution in [3.8, 4) is 5.69 Å². The third-order valence-corrected chi connectivity index (χ3v) is 4.90. The SMILES string of the molecule is CCNC(=NCc1ccc(-n2cncn2)cc1)NC1CCc2nc(COC)nn2C1. The van der Waals surface area contributed by atoms with Crippen LogP contribution in [0.3, 0.4) is 0 Å². The van der Waals surface area contributed by atoms with Crippen LogP contribution in [0.5, 0.6) is 0 Å². The van der Waals surface area contributed by atoms with Gasteiger partial charge in [-0.15, -0.1) is 0 Å². The summed E-state index contributed by atoms with van der Waals surface area (Å²) < 4.78 is 8.85. The fourth-order valence-corrected chi connectivity index (χ4v) is 3.45. The van der Waals surface area contributed by atoms with E-state index in [2.05, 4.69) is 49.9 Å². The second-order valence-electron chi connectivity index (χ2n) is 7.14. The lowest BCUT2D eigenvalue weighted by molar-refractivity contribution is 0.177. The maximum Gasteiger partial charge on any atom is 0.191 e. The molecule has 30 heavy (non-hydrogen) atoms. The lowest BCUT2D eigenvalue weighted by Gasteiger charge is -2.25. The van der Waals surface area contributed by atoms with Crippen LogP contribution in [-0.2, 0) is 30.9 Å². The van der Waals surface area contributed by atoms with E-state index < -0.39 is 0 Å². The highest BCUT2D eigenvalue weighted by Crippen LogP contribution is 2.14. The Bertz CT molecular complexity index is 963. The number of nitrogens with zero attached hydrogens (tertiary/aromatic N) is 7. The Morgan fingerprint density at radius 3 is 2.90 bits per heavy atom. The van der Waals surface area contributed by atoms with Gasteiger partial charge in [-0.3, -0.25) is 0 Å². The van der Waals surface area contributed by atoms with Gasteiger partial charge >= 0.3 is 0 Å². The van der Waals surface area contributed by atoms with Gasteiger partial charge in [-0.25, -0.2) is 24.3 Å². The van der Waals surface area contributed by atoms with Gasteiger partial charge in [-0.2, -0.15) is 10.2 Å². The van der Waals surface area contributed by atoms with Crippen LogP contribution < -0.4 is 10.6 Å². The van der Waals surface area contributed by atoms with Crippen LogP contribution in [0.25, 0.3) is 5.69 Å². The first kappa shape index (κ1) is 20.0. The lowest BCUT2D eigenvalue weighted by Crippen LogP contribution is -2.47. The van der Waals surface area contributed by atoms with Gasteiger partial charge in [0.2, 0.25) is 0 Å². The van der Waals surface area contributed by atoms with Crippen LogP contribution in [0.15, 0.2) is 41.9 Å². The molecule has 0 saturated heterocycles. The predicted molar refractivity (Wildman–Crippen MR) is 112 cm³/mol. The van der Waals surface area contributed by atoms with Crippen LogP contribution in [0.1, 0.15) is 30.6 Å². The summed E-state index contributed by atoms with van der Waals surface area (Å²) in [6.07, 6.45) is 5.08. The molecule has 3 aromatic rings. The first-order chi connectivity index (χ1) is 14.7. The fourth-order valence-electron chi connectivity index (χ4n) is 3.45.